The highest BCUT2D eigenvalue weighted by Crippen LogP contribution is 2.42. The lowest BCUT2D eigenvalue weighted by molar-refractivity contribution is 0.440. The summed E-state index contributed by atoms with van der Waals surface area (Å²) in [4.78, 5) is 1.31. The second-order valence-electron chi connectivity index (χ2n) is 6.53. The first-order valence-electron chi connectivity index (χ1n) is 8.06. The van der Waals surface area contributed by atoms with Gasteiger partial charge < -0.3 is 0 Å². The van der Waals surface area contributed by atoms with Crippen molar-refractivity contribution >= 4 is 21.4 Å². The van der Waals surface area contributed by atoms with Crippen LogP contribution in [0.3, 0.4) is 0 Å². The zero-order chi connectivity index (χ0) is 16.3. The third kappa shape index (κ3) is 4.03. The molecule has 1 aromatic carbocycles. The number of benzene rings is 1. The predicted octanol–water partition coefficient (Wildman–Crippen LogP) is 3.99. The van der Waals surface area contributed by atoms with E-state index in [1.807, 2.05) is 31.2 Å². The Morgan fingerprint density at radius 2 is 1.96 bits per heavy atom. The Morgan fingerprint density at radius 3 is 2.61 bits per heavy atom. The summed E-state index contributed by atoms with van der Waals surface area (Å²) in [5.74, 6) is 0.0508. The summed E-state index contributed by atoms with van der Waals surface area (Å²) in [6, 6.07) is 11.9. The first-order chi connectivity index (χ1) is 11.0. The molecule has 0 aliphatic heterocycles. The molecule has 2 aromatic rings. The summed E-state index contributed by atoms with van der Waals surface area (Å²) in [6.07, 6.45) is 4.50. The van der Waals surface area contributed by atoms with E-state index in [1.165, 1.54) is 17.7 Å². The Bertz CT molecular complexity index is 745. The zero-order valence-electron chi connectivity index (χ0n) is 13.4. The summed E-state index contributed by atoms with van der Waals surface area (Å²) in [7, 11) is -3.31. The number of hydrogen-bond acceptors (Lipinski definition) is 3. The van der Waals surface area contributed by atoms with Crippen LogP contribution in [0.5, 0.6) is 0 Å². The molecule has 1 fully saturated rings. The molecule has 0 atom stereocenters. The van der Waals surface area contributed by atoms with Gasteiger partial charge in [-0.1, -0.05) is 48.7 Å². The highest BCUT2D eigenvalue weighted by Gasteiger charge is 2.37. The topological polar surface area (TPSA) is 46.2 Å². The Morgan fingerprint density at radius 1 is 1.17 bits per heavy atom. The molecule has 124 valence electrons. The molecule has 3 nitrogen and oxygen atoms in total. The number of rotatable bonds is 6. The Labute approximate surface area is 142 Å². The van der Waals surface area contributed by atoms with E-state index >= 15 is 0 Å². The van der Waals surface area contributed by atoms with Gasteiger partial charge in [0.1, 0.15) is 0 Å². The molecule has 1 aliphatic rings. The summed E-state index contributed by atoms with van der Waals surface area (Å²) >= 11 is 1.74. The molecule has 1 aromatic heterocycles. The maximum atomic E-state index is 12.5. The van der Waals surface area contributed by atoms with Gasteiger partial charge in [0.25, 0.3) is 0 Å². The number of sulfonamides is 1. The van der Waals surface area contributed by atoms with Gasteiger partial charge in [-0.15, -0.1) is 11.3 Å². The summed E-state index contributed by atoms with van der Waals surface area (Å²) in [5.41, 5.74) is 1.92. The van der Waals surface area contributed by atoms with Crippen LogP contribution in [-0.4, -0.2) is 15.0 Å². The van der Waals surface area contributed by atoms with Gasteiger partial charge in [0.2, 0.25) is 10.0 Å². The van der Waals surface area contributed by atoms with Crippen molar-refractivity contribution in [2.75, 3.05) is 6.54 Å². The van der Waals surface area contributed by atoms with Crippen LogP contribution in [0.4, 0.5) is 0 Å². The molecule has 1 saturated carbocycles. The molecule has 5 heteroatoms. The van der Waals surface area contributed by atoms with Gasteiger partial charge in [-0.2, -0.15) is 0 Å². The average Bonchev–Trinajstić information content (AvgIpc) is 3.17. The van der Waals surface area contributed by atoms with Crippen LogP contribution in [0.2, 0.25) is 0 Å². The van der Waals surface area contributed by atoms with Crippen molar-refractivity contribution in [3.05, 3.63) is 57.8 Å². The van der Waals surface area contributed by atoms with Crippen molar-refractivity contribution in [1.82, 2.24) is 4.72 Å². The van der Waals surface area contributed by atoms with Crippen LogP contribution in [0.1, 0.15) is 41.7 Å². The molecule has 0 unspecified atom stereocenters. The SMILES string of the molecule is Cc1cccc(CS(=O)(=O)NCC2(c3cccs3)CCCC2)c1. The van der Waals surface area contributed by atoms with Crippen molar-refractivity contribution < 1.29 is 8.42 Å². The van der Waals surface area contributed by atoms with E-state index in [0.29, 0.717) is 6.54 Å². The summed E-state index contributed by atoms with van der Waals surface area (Å²) in [5, 5.41) is 2.08. The maximum absolute atomic E-state index is 12.5. The largest absolute Gasteiger partial charge is 0.215 e. The second-order valence-corrected chi connectivity index (χ2v) is 9.29. The van der Waals surface area contributed by atoms with Gasteiger partial charge in [0.05, 0.1) is 5.75 Å². The van der Waals surface area contributed by atoms with Crippen molar-refractivity contribution in [3.63, 3.8) is 0 Å². The molecule has 1 N–H and O–H groups in total. The fourth-order valence-electron chi connectivity index (χ4n) is 3.46. The Hall–Kier alpha value is -1.17. The van der Waals surface area contributed by atoms with Crippen LogP contribution in [0.25, 0.3) is 0 Å². The molecule has 0 radical (unpaired) electrons. The van der Waals surface area contributed by atoms with E-state index in [9.17, 15) is 8.42 Å². The minimum atomic E-state index is -3.31. The average molecular weight is 350 g/mol. The van der Waals surface area contributed by atoms with Crippen LogP contribution in [0.15, 0.2) is 41.8 Å². The monoisotopic (exact) mass is 349 g/mol. The van der Waals surface area contributed by atoms with Crippen molar-refractivity contribution in [2.45, 2.75) is 43.8 Å². The number of aryl methyl sites for hydroxylation is 1. The lowest BCUT2D eigenvalue weighted by atomic mass is 9.85. The second kappa shape index (κ2) is 6.75. The fourth-order valence-corrected chi connectivity index (χ4v) is 5.67. The first-order valence-corrected chi connectivity index (χ1v) is 10.6. The van der Waals surface area contributed by atoms with Gasteiger partial charge in [-0.25, -0.2) is 13.1 Å². The van der Waals surface area contributed by atoms with Crippen LogP contribution in [0, 0.1) is 6.92 Å². The fraction of sp³-hybridized carbons (Fsp3) is 0.444. The van der Waals surface area contributed by atoms with E-state index < -0.39 is 10.0 Å². The molecule has 0 saturated heterocycles. The molecule has 0 spiro atoms. The van der Waals surface area contributed by atoms with Crippen LogP contribution < -0.4 is 4.72 Å². The molecule has 0 bridgehead atoms. The van der Waals surface area contributed by atoms with Crippen LogP contribution in [-0.2, 0) is 21.2 Å². The number of nitrogens with one attached hydrogen (secondary N) is 1. The molecule has 1 aliphatic carbocycles. The Kier molecular flexibility index (Phi) is 4.90. The van der Waals surface area contributed by atoms with E-state index in [4.69, 9.17) is 0 Å². The van der Waals surface area contributed by atoms with Gasteiger partial charge in [-0.3, -0.25) is 0 Å². The number of thiophene rings is 1. The van der Waals surface area contributed by atoms with Gasteiger partial charge in [-0.05, 0) is 36.8 Å². The third-order valence-electron chi connectivity index (χ3n) is 4.67. The predicted molar refractivity (Wildman–Crippen MR) is 96.3 cm³/mol. The van der Waals surface area contributed by atoms with Crippen molar-refractivity contribution in [1.29, 1.82) is 0 Å². The van der Waals surface area contributed by atoms with Gasteiger partial charge in [0.15, 0.2) is 0 Å². The molecule has 1 heterocycles. The van der Waals surface area contributed by atoms with E-state index in [0.717, 1.165) is 24.0 Å². The van der Waals surface area contributed by atoms with Crippen molar-refractivity contribution in [3.8, 4) is 0 Å². The normalized spacial score (nSPS) is 17.4. The van der Waals surface area contributed by atoms with E-state index in [2.05, 4.69) is 22.2 Å². The van der Waals surface area contributed by atoms with E-state index in [1.54, 1.807) is 11.3 Å². The Balaban J connectivity index is 1.70. The standard InChI is InChI=1S/C18H23NO2S2/c1-15-6-4-7-16(12-15)13-23(20,21)19-14-18(9-2-3-10-18)17-8-5-11-22-17/h4-8,11-12,19H,2-3,9-10,13-14H2,1H3. The smallest absolute Gasteiger partial charge is 0.214 e. The van der Waals surface area contributed by atoms with Crippen molar-refractivity contribution in [2.24, 2.45) is 0 Å². The highest BCUT2D eigenvalue weighted by atomic mass is 32.2. The lowest BCUT2D eigenvalue weighted by Gasteiger charge is -2.28. The maximum Gasteiger partial charge on any atom is 0.215 e. The third-order valence-corrected chi connectivity index (χ3v) is 7.09. The molecular weight excluding hydrogens is 326 g/mol. The summed E-state index contributed by atoms with van der Waals surface area (Å²) in [6.45, 7) is 2.50. The quantitative estimate of drug-likeness (QED) is 0.857. The molecule has 0 amide bonds. The molecule has 23 heavy (non-hydrogen) atoms. The first kappa shape index (κ1) is 16.7. The minimum Gasteiger partial charge on any atom is -0.214 e. The van der Waals surface area contributed by atoms with E-state index in [-0.39, 0.29) is 11.2 Å². The van der Waals surface area contributed by atoms with Gasteiger partial charge in [0, 0.05) is 16.8 Å². The zero-order valence-corrected chi connectivity index (χ0v) is 15.1. The molecular formula is C18H23NO2S2. The number of hydrogen-bond donors (Lipinski definition) is 1. The lowest BCUT2D eigenvalue weighted by Crippen LogP contribution is -2.39. The highest BCUT2D eigenvalue weighted by molar-refractivity contribution is 7.88. The minimum absolute atomic E-state index is 0.00611. The molecule has 3 rings (SSSR count). The summed E-state index contributed by atoms with van der Waals surface area (Å²) < 4.78 is 27.8. The van der Waals surface area contributed by atoms with Crippen LogP contribution >= 0.6 is 11.3 Å². The van der Waals surface area contributed by atoms with Gasteiger partial charge >= 0.3 is 0 Å².